The summed E-state index contributed by atoms with van der Waals surface area (Å²) in [5, 5.41) is 8.57. The molecule has 0 fully saturated rings. The summed E-state index contributed by atoms with van der Waals surface area (Å²) in [4.78, 5) is 0. The number of unbranched alkanes of at least 4 members (excludes halogenated alkanes) is 2. The third kappa shape index (κ3) is 4.04. The standard InChI is InChI=1S/C9H11F5O/c1-2-3-4-5-6-7(15)8(10,11)9(12,13)14/h7,15H,2-4H2,1H3/t7-/m0/s1. The predicted molar refractivity (Wildman–Crippen MR) is 44.3 cm³/mol. The van der Waals surface area contributed by atoms with Crippen molar-refractivity contribution in [3.8, 4) is 11.8 Å². The molecule has 0 aromatic rings. The van der Waals surface area contributed by atoms with Gasteiger partial charge in [0.1, 0.15) is 0 Å². The van der Waals surface area contributed by atoms with E-state index in [0.29, 0.717) is 6.42 Å². The summed E-state index contributed by atoms with van der Waals surface area (Å²) in [6.07, 6.45) is -7.22. The first-order valence-electron chi connectivity index (χ1n) is 4.34. The van der Waals surface area contributed by atoms with Crippen LogP contribution >= 0.6 is 0 Å². The second kappa shape index (κ2) is 5.31. The van der Waals surface area contributed by atoms with Crippen molar-refractivity contribution >= 4 is 0 Å². The fraction of sp³-hybridized carbons (Fsp3) is 0.778. The van der Waals surface area contributed by atoms with Crippen molar-refractivity contribution in [3.63, 3.8) is 0 Å². The van der Waals surface area contributed by atoms with Crippen LogP contribution in [0.1, 0.15) is 26.2 Å². The summed E-state index contributed by atoms with van der Waals surface area (Å²) in [7, 11) is 0. The zero-order valence-corrected chi connectivity index (χ0v) is 8.04. The minimum atomic E-state index is -5.77. The molecule has 0 saturated carbocycles. The van der Waals surface area contributed by atoms with Gasteiger partial charge >= 0.3 is 12.1 Å². The van der Waals surface area contributed by atoms with E-state index < -0.39 is 18.2 Å². The van der Waals surface area contributed by atoms with E-state index in [2.05, 4.69) is 5.92 Å². The van der Waals surface area contributed by atoms with Gasteiger partial charge in [0.25, 0.3) is 0 Å². The van der Waals surface area contributed by atoms with E-state index in [4.69, 9.17) is 5.11 Å². The van der Waals surface area contributed by atoms with Crippen LogP contribution in [0.2, 0.25) is 0 Å². The van der Waals surface area contributed by atoms with Crippen molar-refractivity contribution in [2.24, 2.45) is 0 Å². The molecule has 0 aromatic heterocycles. The summed E-state index contributed by atoms with van der Waals surface area (Å²) in [6.45, 7) is 1.82. The Morgan fingerprint density at radius 2 is 1.73 bits per heavy atom. The van der Waals surface area contributed by atoms with Crippen LogP contribution in [0, 0.1) is 11.8 Å². The Morgan fingerprint density at radius 1 is 1.20 bits per heavy atom. The van der Waals surface area contributed by atoms with Gasteiger partial charge < -0.3 is 5.11 Å². The molecular weight excluding hydrogens is 219 g/mol. The largest absolute Gasteiger partial charge is 0.457 e. The maximum absolute atomic E-state index is 12.4. The molecule has 1 atom stereocenters. The number of hydrogen-bond donors (Lipinski definition) is 1. The van der Waals surface area contributed by atoms with Crippen molar-refractivity contribution in [1.82, 2.24) is 0 Å². The van der Waals surface area contributed by atoms with Gasteiger partial charge in [-0.25, -0.2) is 0 Å². The fourth-order valence-electron chi connectivity index (χ4n) is 0.680. The second-order valence-electron chi connectivity index (χ2n) is 2.95. The maximum atomic E-state index is 12.4. The van der Waals surface area contributed by atoms with Crippen LogP contribution in [0.3, 0.4) is 0 Å². The molecule has 0 aliphatic heterocycles. The summed E-state index contributed by atoms with van der Waals surface area (Å²) in [6, 6.07) is 0. The van der Waals surface area contributed by atoms with Crippen molar-refractivity contribution in [2.75, 3.05) is 0 Å². The van der Waals surface area contributed by atoms with Crippen LogP contribution in [0.5, 0.6) is 0 Å². The number of aliphatic hydroxyl groups is 1. The molecule has 0 spiro atoms. The second-order valence-corrected chi connectivity index (χ2v) is 2.95. The number of aliphatic hydroxyl groups excluding tert-OH is 1. The van der Waals surface area contributed by atoms with E-state index in [0.717, 1.165) is 6.42 Å². The van der Waals surface area contributed by atoms with Crippen LogP contribution in [0.15, 0.2) is 0 Å². The highest BCUT2D eigenvalue weighted by molar-refractivity contribution is 5.10. The molecule has 0 rings (SSSR count). The monoisotopic (exact) mass is 230 g/mol. The topological polar surface area (TPSA) is 20.2 Å². The van der Waals surface area contributed by atoms with E-state index in [1.54, 1.807) is 0 Å². The van der Waals surface area contributed by atoms with Crippen LogP contribution < -0.4 is 0 Å². The summed E-state index contributed by atoms with van der Waals surface area (Å²) >= 11 is 0. The molecular formula is C9H11F5O. The molecule has 0 aliphatic rings. The molecule has 1 nitrogen and oxygen atoms in total. The maximum Gasteiger partial charge on any atom is 0.457 e. The van der Waals surface area contributed by atoms with E-state index in [1.807, 2.05) is 6.92 Å². The summed E-state index contributed by atoms with van der Waals surface area (Å²) in [5.41, 5.74) is 0. The van der Waals surface area contributed by atoms with Gasteiger partial charge in [-0.15, -0.1) is 5.92 Å². The zero-order valence-electron chi connectivity index (χ0n) is 8.04. The Kier molecular flexibility index (Phi) is 5.01. The van der Waals surface area contributed by atoms with Gasteiger partial charge in [0.15, 0.2) is 6.10 Å². The molecule has 88 valence electrons. The van der Waals surface area contributed by atoms with Gasteiger partial charge in [0.2, 0.25) is 0 Å². The predicted octanol–water partition coefficient (Wildman–Crippen LogP) is 2.74. The van der Waals surface area contributed by atoms with Crippen molar-refractivity contribution in [3.05, 3.63) is 0 Å². The van der Waals surface area contributed by atoms with Gasteiger partial charge in [0.05, 0.1) is 0 Å². The average Bonchev–Trinajstić information content (AvgIpc) is 2.10. The lowest BCUT2D eigenvalue weighted by Gasteiger charge is -2.21. The molecule has 0 aliphatic carbocycles. The fourth-order valence-corrected chi connectivity index (χ4v) is 0.680. The molecule has 0 unspecified atom stereocenters. The molecule has 0 bridgehead atoms. The number of rotatable bonds is 3. The third-order valence-electron chi connectivity index (χ3n) is 1.62. The van der Waals surface area contributed by atoms with Gasteiger partial charge in [-0.1, -0.05) is 19.3 Å². The normalized spacial score (nSPS) is 14.3. The van der Waals surface area contributed by atoms with Gasteiger partial charge in [-0.05, 0) is 6.42 Å². The van der Waals surface area contributed by atoms with Gasteiger partial charge in [0, 0.05) is 6.42 Å². The lowest BCUT2D eigenvalue weighted by molar-refractivity contribution is -0.304. The van der Waals surface area contributed by atoms with Crippen LogP contribution in [-0.2, 0) is 0 Å². The van der Waals surface area contributed by atoms with Crippen molar-refractivity contribution in [1.29, 1.82) is 0 Å². The van der Waals surface area contributed by atoms with Crippen molar-refractivity contribution in [2.45, 2.75) is 44.4 Å². The zero-order chi connectivity index (χ0) is 12.1. The highest BCUT2D eigenvalue weighted by Gasteiger charge is 2.62. The first-order valence-corrected chi connectivity index (χ1v) is 4.34. The molecule has 15 heavy (non-hydrogen) atoms. The minimum absolute atomic E-state index is 0.196. The molecule has 0 saturated heterocycles. The quantitative estimate of drug-likeness (QED) is 0.449. The molecule has 0 radical (unpaired) electrons. The van der Waals surface area contributed by atoms with Crippen LogP contribution in [0.4, 0.5) is 22.0 Å². The van der Waals surface area contributed by atoms with Crippen molar-refractivity contribution < 1.29 is 27.1 Å². The SMILES string of the molecule is CCCCC#C[C@H](O)C(F)(F)C(F)(F)F. The highest BCUT2D eigenvalue weighted by Crippen LogP contribution is 2.37. The molecule has 0 amide bonds. The summed E-state index contributed by atoms with van der Waals surface area (Å²) in [5.74, 6) is -1.59. The van der Waals surface area contributed by atoms with E-state index in [-0.39, 0.29) is 6.42 Å². The molecule has 0 aromatic carbocycles. The Bertz CT molecular complexity index is 247. The first kappa shape index (κ1) is 14.2. The smallest absolute Gasteiger partial charge is 0.374 e. The van der Waals surface area contributed by atoms with Crippen LogP contribution in [-0.4, -0.2) is 23.3 Å². The Balaban J connectivity index is 4.41. The lowest BCUT2D eigenvalue weighted by Crippen LogP contribution is -2.46. The highest BCUT2D eigenvalue weighted by atomic mass is 19.4. The molecule has 1 N–H and O–H groups in total. The molecule has 6 heteroatoms. The van der Waals surface area contributed by atoms with Gasteiger partial charge in [-0.2, -0.15) is 22.0 Å². The number of hydrogen-bond acceptors (Lipinski definition) is 1. The van der Waals surface area contributed by atoms with Gasteiger partial charge in [-0.3, -0.25) is 0 Å². The Hall–Kier alpha value is -0.830. The first-order chi connectivity index (χ1) is 6.73. The number of halogens is 5. The lowest BCUT2D eigenvalue weighted by atomic mass is 10.1. The van der Waals surface area contributed by atoms with E-state index in [1.165, 1.54) is 5.92 Å². The summed E-state index contributed by atoms with van der Waals surface area (Å²) < 4.78 is 59.8. The number of alkyl halides is 5. The van der Waals surface area contributed by atoms with Crippen LogP contribution in [0.25, 0.3) is 0 Å². The molecule has 0 heterocycles. The average molecular weight is 230 g/mol. The Morgan fingerprint density at radius 3 is 2.13 bits per heavy atom. The van der Waals surface area contributed by atoms with E-state index >= 15 is 0 Å². The van der Waals surface area contributed by atoms with E-state index in [9.17, 15) is 22.0 Å². The minimum Gasteiger partial charge on any atom is -0.374 e. The third-order valence-corrected chi connectivity index (χ3v) is 1.62. The Labute approximate surface area is 84.3 Å².